The van der Waals surface area contributed by atoms with Crippen molar-refractivity contribution >= 4 is 27.3 Å². The first-order chi connectivity index (χ1) is 11.4. The van der Waals surface area contributed by atoms with E-state index in [0.717, 1.165) is 28.2 Å². The van der Waals surface area contributed by atoms with Gasteiger partial charge in [0, 0.05) is 36.9 Å². The minimum atomic E-state index is -4.21. The van der Waals surface area contributed by atoms with E-state index in [4.69, 9.17) is 11.6 Å². The molecule has 0 atom stereocenters. The second kappa shape index (κ2) is 6.66. The van der Waals surface area contributed by atoms with Gasteiger partial charge in [-0.25, -0.2) is 17.2 Å². The summed E-state index contributed by atoms with van der Waals surface area (Å²) in [5.74, 6) is -2.15. The molecule has 24 heavy (non-hydrogen) atoms. The van der Waals surface area contributed by atoms with Gasteiger partial charge in [-0.1, -0.05) is 23.7 Å². The van der Waals surface area contributed by atoms with Crippen LogP contribution in [0.25, 0.3) is 0 Å². The zero-order valence-electron chi connectivity index (χ0n) is 12.6. The van der Waals surface area contributed by atoms with Crippen LogP contribution in [-0.2, 0) is 10.0 Å². The first-order valence-electron chi connectivity index (χ1n) is 7.34. The number of benzene rings is 2. The molecule has 0 N–H and O–H groups in total. The molecule has 1 aliphatic heterocycles. The molecule has 3 rings (SSSR count). The number of rotatable bonds is 3. The highest BCUT2D eigenvalue weighted by atomic mass is 35.5. The van der Waals surface area contributed by atoms with E-state index in [-0.39, 0.29) is 13.1 Å². The number of nitrogens with zero attached hydrogens (tertiary/aromatic N) is 2. The summed E-state index contributed by atoms with van der Waals surface area (Å²) >= 11 is 5.96. The van der Waals surface area contributed by atoms with E-state index in [1.54, 1.807) is 12.1 Å². The van der Waals surface area contributed by atoms with Gasteiger partial charge in [-0.3, -0.25) is 0 Å². The predicted molar refractivity (Wildman–Crippen MR) is 88.8 cm³/mol. The van der Waals surface area contributed by atoms with Crippen molar-refractivity contribution in [1.29, 1.82) is 0 Å². The Kier molecular flexibility index (Phi) is 4.76. The number of halogens is 3. The lowest BCUT2D eigenvalue weighted by Gasteiger charge is -2.35. The molecule has 0 unspecified atom stereocenters. The summed E-state index contributed by atoms with van der Waals surface area (Å²) in [4.78, 5) is 1.09. The Hall–Kier alpha value is -1.70. The van der Waals surface area contributed by atoms with Gasteiger partial charge in [0.2, 0.25) is 10.0 Å². The number of piperazine rings is 1. The lowest BCUT2D eigenvalue weighted by molar-refractivity contribution is 0.378. The minimum absolute atomic E-state index is 0.141. The van der Waals surface area contributed by atoms with E-state index in [1.807, 2.05) is 17.0 Å². The van der Waals surface area contributed by atoms with E-state index in [9.17, 15) is 17.2 Å². The highest BCUT2D eigenvalue weighted by Gasteiger charge is 2.33. The van der Waals surface area contributed by atoms with Crippen molar-refractivity contribution in [3.8, 4) is 0 Å². The lowest BCUT2D eigenvalue weighted by Crippen LogP contribution is -2.49. The summed E-state index contributed by atoms with van der Waals surface area (Å²) in [6.07, 6.45) is 0. The molecule has 0 bridgehead atoms. The maximum absolute atomic E-state index is 13.8. The Morgan fingerprint density at radius 1 is 0.917 bits per heavy atom. The molecule has 128 valence electrons. The van der Waals surface area contributed by atoms with Gasteiger partial charge in [0.25, 0.3) is 0 Å². The van der Waals surface area contributed by atoms with E-state index in [1.165, 1.54) is 0 Å². The highest BCUT2D eigenvalue weighted by molar-refractivity contribution is 7.89. The third-order valence-corrected chi connectivity index (χ3v) is 6.11. The molecule has 0 aliphatic carbocycles. The second-order valence-electron chi connectivity index (χ2n) is 5.42. The molecule has 2 aromatic rings. The van der Waals surface area contributed by atoms with Crippen LogP contribution < -0.4 is 4.90 Å². The number of sulfonamides is 1. The third-order valence-electron chi connectivity index (χ3n) is 3.93. The van der Waals surface area contributed by atoms with Crippen molar-refractivity contribution in [2.45, 2.75) is 4.90 Å². The van der Waals surface area contributed by atoms with E-state index in [0.29, 0.717) is 18.1 Å². The first-order valence-corrected chi connectivity index (χ1v) is 9.16. The van der Waals surface area contributed by atoms with Gasteiger partial charge in [0.1, 0.15) is 11.6 Å². The molecule has 1 saturated heterocycles. The molecule has 0 amide bonds. The van der Waals surface area contributed by atoms with Gasteiger partial charge in [-0.2, -0.15) is 4.31 Å². The Balaban J connectivity index is 1.79. The average molecular weight is 373 g/mol. The van der Waals surface area contributed by atoms with Gasteiger partial charge in [0.15, 0.2) is 4.90 Å². The molecule has 0 radical (unpaired) electrons. The maximum atomic E-state index is 13.8. The molecule has 0 saturated carbocycles. The Morgan fingerprint density at radius 2 is 1.50 bits per heavy atom. The van der Waals surface area contributed by atoms with Crippen molar-refractivity contribution in [2.75, 3.05) is 31.1 Å². The normalized spacial score (nSPS) is 16.4. The number of anilines is 1. The summed E-state index contributed by atoms with van der Waals surface area (Å²) < 4.78 is 53.8. The maximum Gasteiger partial charge on any atom is 0.249 e. The summed E-state index contributed by atoms with van der Waals surface area (Å²) in [6.45, 7) is 1.11. The Bertz CT molecular complexity index is 833. The SMILES string of the molecule is O=S(=O)(c1c(F)cccc1F)N1CCN(c2cccc(Cl)c2)CC1. The third kappa shape index (κ3) is 3.24. The van der Waals surface area contributed by atoms with Gasteiger partial charge in [-0.15, -0.1) is 0 Å². The van der Waals surface area contributed by atoms with Crippen molar-refractivity contribution in [1.82, 2.24) is 4.31 Å². The van der Waals surface area contributed by atoms with Gasteiger partial charge in [-0.05, 0) is 30.3 Å². The van der Waals surface area contributed by atoms with E-state index in [2.05, 4.69) is 0 Å². The molecular formula is C16H15ClF2N2O2S. The second-order valence-corrected chi connectivity index (χ2v) is 7.73. The predicted octanol–water partition coefficient (Wildman–Crippen LogP) is 3.13. The zero-order chi connectivity index (χ0) is 17.3. The fraction of sp³-hybridized carbons (Fsp3) is 0.250. The zero-order valence-corrected chi connectivity index (χ0v) is 14.2. The topological polar surface area (TPSA) is 40.6 Å². The lowest BCUT2D eigenvalue weighted by atomic mass is 10.2. The highest BCUT2D eigenvalue weighted by Crippen LogP contribution is 2.26. The Labute approximate surface area is 144 Å². The standard InChI is InChI=1S/C16H15ClF2N2O2S/c17-12-3-1-4-13(11-12)20-7-9-21(10-8-20)24(22,23)16-14(18)5-2-6-15(16)19/h1-6,11H,7-10H2. The monoisotopic (exact) mass is 372 g/mol. The smallest absolute Gasteiger partial charge is 0.249 e. The average Bonchev–Trinajstić information content (AvgIpc) is 2.54. The summed E-state index contributed by atoms with van der Waals surface area (Å²) in [6, 6.07) is 10.3. The van der Waals surface area contributed by atoms with Gasteiger partial charge < -0.3 is 4.90 Å². The van der Waals surface area contributed by atoms with Crippen LogP contribution in [0.2, 0.25) is 5.02 Å². The van der Waals surface area contributed by atoms with Crippen molar-refractivity contribution in [3.05, 3.63) is 59.1 Å². The Morgan fingerprint density at radius 3 is 2.08 bits per heavy atom. The van der Waals surface area contributed by atoms with Crippen molar-refractivity contribution < 1.29 is 17.2 Å². The number of hydrogen-bond acceptors (Lipinski definition) is 3. The summed E-state index contributed by atoms with van der Waals surface area (Å²) in [5, 5.41) is 0.593. The van der Waals surface area contributed by atoms with Crippen LogP contribution in [0, 0.1) is 11.6 Å². The van der Waals surface area contributed by atoms with Gasteiger partial charge in [0.05, 0.1) is 0 Å². The molecule has 1 heterocycles. The largest absolute Gasteiger partial charge is 0.369 e. The van der Waals surface area contributed by atoms with Crippen LogP contribution in [0.15, 0.2) is 47.4 Å². The van der Waals surface area contributed by atoms with Crippen molar-refractivity contribution in [3.63, 3.8) is 0 Å². The van der Waals surface area contributed by atoms with Gasteiger partial charge >= 0.3 is 0 Å². The number of hydrogen-bond donors (Lipinski definition) is 0. The molecule has 0 spiro atoms. The van der Waals surface area contributed by atoms with Crippen LogP contribution in [0.3, 0.4) is 0 Å². The summed E-state index contributed by atoms with van der Waals surface area (Å²) in [5.41, 5.74) is 0.886. The quantitative estimate of drug-likeness (QED) is 0.831. The van der Waals surface area contributed by atoms with Crippen LogP contribution in [0.1, 0.15) is 0 Å². The van der Waals surface area contributed by atoms with Crippen LogP contribution in [-0.4, -0.2) is 38.9 Å². The molecular weight excluding hydrogens is 358 g/mol. The van der Waals surface area contributed by atoms with Crippen LogP contribution in [0.4, 0.5) is 14.5 Å². The van der Waals surface area contributed by atoms with E-state index >= 15 is 0 Å². The molecule has 1 fully saturated rings. The molecule has 0 aromatic heterocycles. The fourth-order valence-corrected chi connectivity index (χ4v) is 4.43. The van der Waals surface area contributed by atoms with E-state index < -0.39 is 26.6 Å². The molecule has 8 heteroatoms. The van der Waals surface area contributed by atoms with Crippen LogP contribution >= 0.6 is 11.6 Å². The van der Waals surface area contributed by atoms with Crippen LogP contribution in [0.5, 0.6) is 0 Å². The minimum Gasteiger partial charge on any atom is -0.369 e. The first kappa shape index (κ1) is 17.1. The molecule has 2 aromatic carbocycles. The fourth-order valence-electron chi connectivity index (χ4n) is 2.72. The molecule has 1 aliphatic rings. The molecule has 4 nitrogen and oxygen atoms in total. The summed E-state index contributed by atoms with van der Waals surface area (Å²) in [7, 11) is -4.21. The van der Waals surface area contributed by atoms with Crippen molar-refractivity contribution in [2.24, 2.45) is 0 Å².